The van der Waals surface area contributed by atoms with Gasteiger partial charge in [-0.05, 0) is 25.8 Å². The molecule has 1 N–H and O–H groups in total. The number of fused-ring (bicyclic) bond motifs is 2. The minimum atomic E-state index is -0.0567. The van der Waals surface area contributed by atoms with E-state index in [0.29, 0.717) is 13.1 Å². The summed E-state index contributed by atoms with van der Waals surface area (Å²) in [5.74, 6) is 1.69. The maximum absolute atomic E-state index is 12.8. The SMILES string of the molecule is Cc1nc(Cn2nc3n(c2=O)CCC(Nc2ncnc4c2ccn4C)CC3)cs1. The largest absolute Gasteiger partial charge is 0.367 e. The molecule has 0 radical (unpaired) electrons. The average molecular weight is 411 g/mol. The van der Waals surface area contributed by atoms with Crippen molar-refractivity contribution in [1.82, 2.24) is 33.9 Å². The van der Waals surface area contributed by atoms with Crippen LogP contribution >= 0.6 is 11.3 Å². The summed E-state index contributed by atoms with van der Waals surface area (Å²) in [5.41, 5.74) is 1.74. The molecule has 4 aromatic rings. The Balaban J connectivity index is 1.32. The molecule has 0 saturated heterocycles. The summed E-state index contributed by atoms with van der Waals surface area (Å²) in [7, 11) is 1.97. The predicted octanol–water partition coefficient (Wildman–Crippen LogP) is 1.96. The Morgan fingerprint density at radius 1 is 1.31 bits per heavy atom. The first-order valence-corrected chi connectivity index (χ1v) is 10.6. The summed E-state index contributed by atoms with van der Waals surface area (Å²) in [6.07, 6.45) is 6.06. The lowest BCUT2D eigenvalue weighted by Crippen LogP contribution is -2.27. The highest BCUT2D eigenvalue weighted by molar-refractivity contribution is 7.09. The number of aryl methyl sites for hydroxylation is 3. The van der Waals surface area contributed by atoms with E-state index in [2.05, 4.69) is 25.4 Å². The Kier molecular flexibility index (Phi) is 4.42. The van der Waals surface area contributed by atoms with Gasteiger partial charge in [0.05, 0.1) is 22.6 Å². The predicted molar refractivity (Wildman–Crippen MR) is 111 cm³/mol. The molecule has 0 aliphatic carbocycles. The van der Waals surface area contributed by atoms with Gasteiger partial charge in [-0.25, -0.2) is 24.4 Å². The summed E-state index contributed by atoms with van der Waals surface area (Å²) in [5, 5.41) is 12.1. The van der Waals surface area contributed by atoms with Gasteiger partial charge in [-0.15, -0.1) is 11.3 Å². The smallest absolute Gasteiger partial charge is 0.346 e. The van der Waals surface area contributed by atoms with Gasteiger partial charge in [0, 0.05) is 37.6 Å². The first-order chi connectivity index (χ1) is 14.1. The first kappa shape index (κ1) is 18.0. The molecule has 5 heterocycles. The molecule has 4 aromatic heterocycles. The molecule has 9 nitrogen and oxygen atoms in total. The summed E-state index contributed by atoms with van der Waals surface area (Å²) >= 11 is 1.59. The van der Waals surface area contributed by atoms with Crippen LogP contribution in [0.1, 0.15) is 29.4 Å². The molecular formula is C19H22N8OS. The third-order valence-corrected chi connectivity index (χ3v) is 6.22. The molecule has 0 spiro atoms. The van der Waals surface area contributed by atoms with Crippen LogP contribution in [0.3, 0.4) is 0 Å². The molecule has 0 bridgehead atoms. The zero-order valence-electron chi connectivity index (χ0n) is 16.4. The van der Waals surface area contributed by atoms with Crippen LogP contribution in [0.2, 0.25) is 0 Å². The summed E-state index contributed by atoms with van der Waals surface area (Å²) in [6.45, 7) is 3.04. The van der Waals surface area contributed by atoms with Gasteiger partial charge in [0.1, 0.15) is 23.6 Å². The normalized spacial score (nSPS) is 16.7. The molecule has 5 rings (SSSR count). The topological polar surface area (TPSA) is 95.4 Å². The number of thiazole rings is 1. The summed E-state index contributed by atoms with van der Waals surface area (Å²) in [6, 6.07) is 2.25. The van der Waals surface area contributed by atoms with E-state index in [1.165, 1.54) is 4.68 Å². The van der Waals surface area contributed by atoms with E-state index in [4.69, 9.17) is 0 Å². The van der Waals surface area contributed by atoms with Gasteiger partial charge >= 0.3 is 5.69 Å². The van der Waals surface area contributed by atoms with Crippen molar-refractivity contribution in [2.24, 2.45) is 7.05 Å². The lowest BCUT2D eigenvalue weighted by Gasteiger charge is -2.17. The number of aromatic nitrogens is 7. The number of rotatable bonds is 4. The highest BCUT2D eigenvalue weighted by Gasteiger charge is 2.22. The van der Waals surface area contributed by atoms with Crippen molar-refractivity contribution in [2.75, 3.05) is 5.32 Å². The van der Waals surface area contributed by atoms with E-state index in [1.54, 1.807) is 22.2 Å². The van der Waals surface area contributed by atoms with Crippen molar-refractivity contribution in [2.45, 2.75) is 45.3 Å². The number of nitrogens with one attached hydrogen (secondary N) is 1. The molecule has 1 aliphatic rings. The van der Waals surface area contributed by atoms with Crippen LogP contribution in [0.25, 0.3) is 11.0 Å². The Bertz CT molecular complexity index is 1230. The Morgan fingerprint density at radius 3 is 3.03 bits per heavy atom. The molecule has 29 heavy (non-hydrogen) atoms. The summed E-state index contributed by atoms with van der Waals surface area (Å²) < 4.78 is 5.33. The second kappa shape index (κ2) is 7.11. The quantitative estimate of drug-likeness (QED) is 0.553. The fraction of sp³-hybridized carbons (Fsp3) is 0.421. The minimum absolute atomic E-state index is 0.0567. The molecule has 1 atom stereocenters. The minimum Gasteiger partial charge on any atom is -0.367 e. The molecule has 0 aromatic carbocycles. The maximum atomic E-state index is 12.8. The van der Waals surface area contributed by atoms with Crippen LogP contribution in [0, 0.1) is 6.92 Å². The number of nitrogens with zero attached hydrogens (tertiary/aromatic N) is 7. The van der Waals surface area contributed by atoms with Gasteiger partial charge in [0.2, 0.25) is 0 Å². The highest BCUT2D eigenvalue weighted by Crippen LogP contribution is 2.23. The maximum Gasteiger partial charge on any atom is 0.346 e. The van der Waals surface area contributed by atoms with E-state index in [9.17, 15) is 4.79 Å². The number of anilines is 1. The van der Waals surface area contributed by atoms with Gasteiger partial charge in [0.25, 0.3) is 0 Å². The molecule has 0 saturated carbocycles. The molecule has 10 heteroatoms. The van der Waals surface area contributed by atoms with E-state index in [0.717, 1.165) is 52.6 Å². The molecule has 0 amide bonds. The Hall–Kier alpha value is -3.01. The third-order valence-electron chi connectivity index (χ3n) is 5.40. The van der Waals surface area contributed by atoms with Crippen molar-refractivity contribution < 1.29 is 0 Å². The van der Waals surface area contributed by atoms with Gasteiger partial charge in [-0.1, -0.05) is 0 Å². The fourth-order valence-electron chi connectivity index (χ4n) is 3.90. The molecule has 1 aliphatic heterocycles. The first-order valence-electron chi connectivity index (χ1n) is 9.68. The fourth-order valence-corrected chi connectivity index (χ4v) is 4.50. The van der Waals surface area contributed by atoms with Gasteiger partial charge in [0.15, 0.2) is 0 Å². The summed E-state index contributed by atoms with van der Waals surface area (Å²) in [4.78, 5) is 26.0. The van der Waals surface area contributed by atoms with E-state index < -0.39 is 0 Å². The Morgan fingerprint density at radius 2 is 2.21 bits per heavy atom. The second-order valence-electron chi connectivity index (χ2n) is 7.42. The molecule has 0 fully saturated rings. The average Bonchev–Trinajstić information content (AvgIpc) is 3.33. The van der Waals surface area contributed by atoms with Crippen LogP contribution in [0.4, 0.5) is 5.82 Å². The van der Waals surface area contributed by atoms with Gasteiger partial charge in [-0.2, -0.15) is 5.10 Å². The van der Waals surface area contributed by atoms with Crippen molar-refractivity contribution in [1.29, 1.82) is 0 Å². The van der Waals surface area contributed by atoms with Crippen LogP contribution in [0.5, 0.6) is 0 Å². The van der Waals surface area contributed by atoms with Crippen molar-refractivity contribution in [3.8, 4) is 0 Å². The van der Waals surface area contributed by atoms with Crippen LogP contribution < -0.4 is 11.0 Å². The highest BCUT2D eigenvalue weighted by atomic mass is 32.1. The zero-order chi connectivity index (χ0) is 20.0. The van der Waals surface area contributed by atoms with Crippen molar-refractivity contribution in [3.05, 3.63) is 51.0 Å². The van der Waals surface area contributed by atoms with Gasteiger partial charge < -0.3 is 9.88 Å². The number of hydrogen-bond acceptors (Lipinski definition) is 7. The van der Waals surface area contributed by atoms with Crippen molar-refractivity contribution in [3.63, 3.8) is 0 Å². The molecule has 150 valence electrons. The van der Waals surface area contributed by atoms with Crippen LogP contribution in [0.15, 0.2) is 28.8 Å². The van der Waals surface area contributed by atoms with Crippen LogP contribution in [-0.4, -0.2) is 39.9 Å². The molecular weight excluding hydrogens is 388 g/mol. The second-order valence-corrected chi connectivity index (χ2v) is 8.48. The number of hydrogen-bond donors (Lipinski definition) is 1. The van der Waals surface area contributed by atoms with Crippen molar-refractivity contribution >= 4 is 28.2 Å². The van der Waals surface area contributed by atoms with E-state index in [1.807, 2.05) is 36.2 Å². The lowest BCUT2D eigenvalue weighted by molar-refractivity contribution is 0.551. The lowest BCUT2D eigenvalue weighted by atomic mass is 10.1. The third kappa shape index (κ3) is 3.33. The van der Waals surface area contributed by atoms with E-state index >= 15 is 0 Å². The van der Waals surface area contributed by atoms with Gasteiger partial charge in [-0.3, -0.25) is 4.57 Å². The standard InChI is InChI=1S/C19H22N8OS/c1-12-22-14(10-29-12)9-27-19(28)26-8-5-13(3-4-16(26)24-27)23-17-15-6-7-25(2)18(15)21-11-20-17/h6-7,10-11,13H,3-5,8-9H2,1-2H3,(H,20,21,23). The molecule has 1 unspecified atom stereocenters. The monoisotopic (exact) mass is 410 g/mol. The zero-order valence-corrected chi connectivity index (χ0v) is 17.2. The Labute approximate surface area is 171 Å². The van der Waals surface area contributed by atoms with E-state index in [-0.39, 0.29) is 11.7 Å². The van der Waals surface area contributed by atoms with Crippen LogP contribution in [-0.2, 0) is 26.6 Å².